The fraction of sp³-hybridized carbons (Fsp3) is 0. The van der Waals surface area contributed by atoms with Crippen LogP contribution in [0, 0.1) is 0 Å². The van der Waals surface area contributed by atoms with Crippen molar-refractivity contribution in [1.29, 1.82) is 0 Å². The number of hydrogen-bond acceptors (Lipinski definition) is 6. The van der Waals surface area contributed by atoms with Gasteiger partial charge in [0.25, 0.3) is 11.8 Å². The molecule has 0 radical (unpaired) electrons. The Hall–Kier alpha value is -3.78. The molecule has 0 unspecified atom stereocenters. The number of benzene rings is 1. The van der Waals surface area contributed by atoms with Crippen LogP contribution < -0.4 is 10.6 Å². The molecule has 7 nitrogen and oxygen atoms in total. The maximum Gasteiger partial charge on any atom is 0.291 e. The van der Waals surface area contributed by atoms with Gasteiger partial charge >= 0.3 is 0 Å². The number of carbonyl (C=O) groups is 2. The lowest BCUT2D eigenvalue weighted by molar-refractivity contribution is 0.0995. The molecule has 28 heavy (non-hydrogen) atoms. The summed E-state index contributed by atoms with van der Waals surface area (Å²) in [6.45, 7) is 0. The minimum absolute atomic E-state index is 0.217. The Morgan fingerprint density at radius 3 is 2.46 bits per heavy atom. The minimum Gasteiger partial charge on any atom is -0.459 e. The van der Waals surface area contributed by atoms with Crippen LogP contribution in [0.5, 0.6) is 0 Å². The van der Waals surface area contributed by atoms with Gasteiger partial charge in [-0.1, -0.05) is 6.07 Å². The number of pyridine rings is 1. The molecule has 1 aromatic carbocycles. The average Bonchev–Trinajstić information content (AvgIpc) is 3.41. The molecule has 0 aliphatic carbocycles. The van der Waals surface area contributed by atoms with E-state index >= 15 is 0 Å². The van der Waals surface area contributed by atoms with Crippen molar-refractivity contribution in [3.63, 3.8) is 0 Å². The van der Waals surface area contributed by atoms with Gasteiger partial charge in [-0.25, -0.2) is 4.98 Å². The first-order chi connectivity index (χ1) is 13.7. The molecule has 138 valence electrons. The second kappa shape index (κ2) is 7.85. The van der Waals surface area contributed by atoms with Gasteiger partial charge in [-0.2, -0.15) is 0 Å². The summed E-state index contributed by atoms with van der Waals surface area (Å²) in [5.74, 6) is -0.424. The Morgan fingerprint density at radius 1 is 0.893 bits per heavy atom. The molecule has 0 saturated heterocycles. The molecule has 0 fully saturated rings. The van der Waals surface area contributed by atoms with Crippen molar-refractivity contribution < 1.29 is 14.0 Å². The van der Waals surface area contributed by atoms with Gasteiger partial charge in [0, 0.05) is 22.8 Å². The molecule has 0 bridgehead atoms. The topological polar surface area (TPSA) is 97.1 Å². The molecule has 2 amide bonds. The Morgan fingerprint density at radius 2 is 1.75 bits per heavy atom. The summed E-state index contributed by atoms with van der Waals surface area (Å²) in [5.41, 5.74) is 2.46. The van der Waals surface area contributed by atoms with Crippen LogP contribution in [0.3, 0.4) is 0 Å². The van der Waals surface area contributed by atoms with E-state index in [0.29, 0.717) is 22.1 Å². The van der Waals surface area contributed by atoms with E-state index in [2.05, 4.69) is 20.6 Å². The zero-order valence-corrected chi connectivity index (χ0v) is 15.3. The van der Waals surface area contributed by atoms with Gasteiger partial charge < -0.3 is 9.73 Å². The maximum atomic E-state index is 12.4. The van der Waals surface area contributed by atoms with E-state index in [4.69, 9.17) is 4.42 Å². The predicted molar refractivity (Wildman–Crippen MR) is 106 cm³/mol. The van der Waals surface area contributed by atoms with Gasteiger partial charge in [-0.05, 0) is 48.5 Å². The SMILES string of the molecule is O=C(Nc1nc(-c2ccccn2)cs1)c1ccc(NC(=O)c2ccco2)cc1. The molecule has 8 heteroatoms. The van der Waals surface area contributed by atoms with E-state index < -0.39 is 0 Å². The molecule has 0 aliphatic heterocycles. The Balaban J connectivity index is 1.40. The summed E-state index contributed by atoms with van der Waals surface area (Å²) in [6.07, 6.45) is 3.12. The molecule has 0 saturated carbocycles. The average molecular weight is 390 g/mol. The molecule has 4 aromatic rings. The normalized spacial score (nSPS) is 10.4. The molecule has 4 rings (SSSR count). The van der Waals surface area contributed by atoms with Gasteiger partial charge in [0.15, 0.2) is 10.9 Å². The van der Waals surface area contributed by atoms with Gasteiger partial charge in [-0.15, -0.1) is 11.3 Å². The smallest absolute Gasteiger partial charge is 0.291 e. The van der Waals surface area contributed by atoms with Crippen LogP contribution in [0.4, 0.5) is 10.8 Å². The zero-order valence-electron chi connectivity index (χ0n) is 14.5. The number of nitrogens with one attached hydrogen (secondary N) is 2. The van der Waals surface area contributed by atoms with Crippen molar-refractivity contribution in [3.05, 3.63) is 83.8 Å². The first-order valence-corrected chi connectivity index (χ1v) is 9.20. The zero-order chi connectivity index (χ0) is 19.3. The van der Waals surface area contributed by atoms with E-state index in [-0.39, 0.29) is 17.6 Å². The third-order valence-corrected chi connectivity index (χ3v) is 4.56. The number of carbonyl (C=O) groups excluding carboxylic acids is 2. The van der Waals surface area contributed by atoms with E-state index in [0.717, 1.165) is 5.69 Å². The van der Waals surface area contributed by atoms with Crippen molar-refractivity contribution in [2.24, 2.45) is 0 Å². The maximum absolute atomic E-state index is 12.4. The summed E-state index contributed by atoms with van der Waals surface area (Å²) in [5, 5.41) is 7.79. The van der Waals surface area contributed by atoms with Gasteiger partial charge in [0.05, 0.1) is 12.0 Å². The van der Waals surface area contributed by atoms with E-state index in [1.54, 1.807) is 42.6 Å². The molecule has 0 aliphatic rings. The Bertz CT molecular complexity index is 1090. The van der Waals surface area contributed by atoms with E-state index in [1.807, 2.05) is 23.6 Å². The fourth-order valence-electron chi connectivity index (χ4n) is 2.44. The van der Waals surface area contributed by atoms with Crippen LogP contribution in [0.15, 0.2) is 76.9 Å². The second-order valence-electron chi connectivity index (χ2n) is 5.72. The lowest BCUT2D eigenvalue weighted by Crippen LogP contribution is -2.13. The first-order valence-electron chi connectivity index (χ1n) is 8.32. The number of amides is 2. The van der Waals surface area contributed by atoms with E-state index in [1.165, 1.54) is 17.6 Å². The Labute approximate surface area is 164 Å². The largest absolute Gasteiger partial charge is 0.459 e. The van der Waals surface area contributed by atoms with Crippen molar-refractivity contribution in [1.82, 2.24) is 9.97 Å². The first kappa shape index (κ1) is 17.6. The van der Waals surface area contributed by atoms with Crippen LogP contribution in [0.1, 0.15) is 20.9 Å². The van der Waals surface area contributed by atoms with Gasteiger partial charge in [-0.3, -0.25) is 19.9 Å². The molecular weight excluding hydrogens is 376 g/mol. The quantitative estimate of drug-likeness (QED) is 0.529. The number of hydrogen-bond donors (Lipinski definition) is 2. The minimum atomic E-state index is -0.355. The van der Waals surface area contributed by atoms with Gasteiger partial charge in [0.2, 0.25) is 0 Å². The number of thiazole rings is 1. The molecule has 3 heterocycles. The van der Waals surface area contributed by atoms with Crippen molar-refractivity contribution >= 4 is 34.0 Å². The van der Waals surface area contributed by atoms with Crippen LogP contribution >= 0.6 is 11.3 Å². The molecule has 3 aromatic heterocycles. The molecule has 0 atom stereocenters. The van der Waals surface area contributed by atoms with Crippen molar-refractivity contribution in [3.8, 4) is 11.4 Å². The monoisotopic (exact) mass is 390 g/mol. The van der Waals surface area contributed by atoms with E-state index in [9.17, 15) is 9.59 Å². The standard InChI is InChI=1S/C20H14N4O3S/c25-18(24-20-23-16(12-28-20)15-4-1-2-10-21-15)13-6-8-14(9-7-13)22-19(26)17-5-3-11-27-17/h1-12H,(H,22,26)(H,23,24,25). The number of aromatic nitrogens is 2. The van der Waals surface area contributed by atoms with Crippen LogP contribution in [-0.4, -0.2) is 21.8 Å². The van der Waals surface area contributed by atoms with Crippen molar-refractivity contribution in [2.45, 2.75) is 0 Å². The number of nitrogens with zero attached hydrogens (tertiary/aromatic N) is 2. The highest BCUT2D eigenvalue weighted by Gasteiger charge is 2.12. The van der Waals surface area contributed by atoms with Gasteiger partial charge in [0.1, 0.15) is 5.69 Å². The third-order valence-electron chi connectivity index (χ3n) is 3.80. The molecule has 0 spiro atoms. The summed E-state index contributed by atoms with van der Waals surface area (Å²) >= 11 is 1.33. The Kier molecular flexibility index (Phi) is 4.94. The summed E-state index contributed by atoms with van der Waals surface area (Å²) < 4.78 is 5.04. The predicted octanol–water partition coefficient (Wildman–Crippen LogP) is 4.30. The fourth-order valence-corrected chi connectivity index (χ4v) is 3.14. The lowest BCUT2D eigenvalue weighted by atomic mass is 10.2. The number of furan rings is 1. The van der Waals surface area contributed by atoms with Crippen LogP contribution in [-0.2, 0) is 0 Å². The highest BCUT2D eigenvalue weighted by atomic mass is 32.1. The highest BCUT2D eigenvalue weighted by molar-refractivity contribution is 7.14. The summed E-state index contributed by atoms with van der Waals surface area (Å²) in [7, 11) is 0. The summed E-state index contributed by atoms with van der Waals surface area (Å²) in [6, 6.07) is 15.3. The van der Waals surface area contributed by atoms with Crippen LogP contribution in [0.25, 0.3) is 11.4 Å². The summed E-state index contributed by atoms with van der Waals surface area (Å²) in [4.78, 5) is 33.0. The van der Waals surface area contributed by atoms with Crippen LogP contribution in [0.2, 0.25) is 0 Å². The molecule has 2 N–H and O–H groups in total. The second-order valence-corrected chi connectivity index (χ2v) is 6.57. The highest BCUT2D eigenvalue weighted by Crippen LogP contribution is 2.23. The lowest BCUT2D eigenvalue weighted by Gasteiger charge is -2.05. The molecular formula is C20H14N4O3S. The third kappa shape index (κ3) is 3.97. The number of rotatable bonds is 5. The number of anilines is 2. The van der Waals surface area contributed by atoms with Crippen molar-refractivity contribution in [2.75, 3.05) is 10.6 Å².